The smallest absolute Gasteiger partial charge is 0.408 e. The van der Waals surface area contributed by atoms with Crippen molar-refractivity contribution >= 4 is 30.1 Å². The largest absolute Gasteiger partial charge is 0.530 e. The molecule has 0 atom stereocenters. The number of aryl methyl sites for hydroxylation is 2. The summed E-state index contributed by atoms with van der Waals surface area (Å²) in [5, 5.41) is 4.34. The summed E-state index contributed by atoms with van der Waals surface area (Å²) in [4.78, 5) is 0. The molecule has 0 aromatic heterocycles. The van der Waals surface area contributed by atoms with Gasteiger partial charge in [0, 0.05) is 28.3 Å². The molecule has 0 saturated heterocycles. The molecule has 0 unspecified atom stereocenters. The van der Waals surface area contributed by atoms with Crippen LogP contribution in [0, 0.1) is 13.8 Å². The Morgan fingerprint density at radius 2 is 1.05 bits per heavy atom. The SMILES string of the molecule is Cc1cc2c(c(C(C)(C)C)c1)OP(Oc1c3ccccc3cc3ccccc13)Oc1c(cc(C)cc1C(C)(C)C)C2. The maximum Gasteiger partial charge on any atom is 0.530 e. The van der Waals surface area contributed by atoms with Crippen LogP contribution >= 0.6 is 8.60 Å². The second kappa shape index (κ2) is 10.1. The van der Waals surface area contributed by atoms with Crippen LogP contribution in [-0.4, -0.2) is 0 Å². The maximum absolute atomic E-state index is 6.95. The predicted molar refractivity (Wildman–Crippen MR) is 173 cm³/mol. The van der Waals surface area contributed by atoms with Crippen molar-refractivity contribution in [3.63, 3.8) is 0 Å². The molecule has 5 aromatic rings. The molecule has 0 N–H and O–H groups in total. The molecule has 0 saturated carbocycles. The summed E-state index contributed by atoms with van der Waals surface area (Å²) in [7, 11) is -1.86. The molecular weight excluding hydrogens is 523 g/mol. The van der Waals surface area contributed by atoms with Crippen molar-refractivity contribution in [3.05, 3.63) is 112 Å². The van der Waals surface area contributed by atoms with Gasteiger partial charge in [-0.3, -0.25) is 0 Å². The van der Waals surface area contributed by atoms with Crippen LogP contribution in [0.3, 0.4) is 0 Å². The Kier molecular flexibility index (Phi) is 6.78. The zero-order valence-corrected chi connectivity index (χ0v) is 26.3. The standard InChI is InChI=1S/C37H39O3P/c1-23-17-27-22-28-18-24(2)20-32(37(6,7)8)34(28)39-41(38-33(27)31(19-23)36(3,4)5)40-35-29-15-11-9-13-25(29)21-26-14-10-12-16-30(26)35/h9-21H,22H2,1-8H3. The quantitative estimate of drug-likeness (QED) is 0.158. The van der Waals surface area contributed by atoms with E-state index in [-0.39, 0.29) is 10.8 Å². The lowest BCUT2D eigenvalue weighted by molar-refractivity contribution is 0.373. The highest BCUT2D eigenvalue weighted by Gasteiger charge is 2.34. The van der Waals surface area contributed by atoms with E-state index in [1.807, 2.05) is 0 Å². The molecule has 210 valence electrons. The van der Waals surface area contributed by atoms with Crippen LogP contribution in [0.25, 0.3) is 21.5 Å². The van der Waals surface area contributed by atoms with Gasteiger partial charge < -0.3 is 13.6 Å². The second-order valence-corrected chi connectivity index (χ2v) is 14.4. The molecule has 1 heterocycles. The van der Waals surface area contributed by atoms with Gasteiger partial charge in [0.2, 0.25) is 0 Å². The highest BCUT2D eigenvalue weighted by molar-refractivity contribution is 7.43. The lowest BCUT2D eigenvalue weighted by atomic mass is 9.81. The molecule has 0 amide bonds. The van der Waals surface area contributed by atoms with Crippen LogP contribution in [0.4, 0.5) is 0 Å². The highest BCUT2D eigenvalue weighted by atomic mass is 31.2. The fraction of sp³-hybridized carbons (Fsp3) is 0.297. The van der Waals surface area contributed by atoms with Crippen molar-refractivity contribution in [1.82, 2.24) is 0 Å². The first-order valence-electron chi connectivity index (χ1n) is 14.4. The van der Waals surface area contributed by atoms with Gasteiger partial charge in [-0.25, -0.2) is 0 Å². The van der Waals surface area contributed by atoms with E-state index < -0.39 is 8.60 Å². The van der Waals surface area contributed by atoms with Gasteiger partial charge >= 0.3 is 8.60 Å². The van der Waals surface area contributed by atoms with E-state index in [1.165, 1.54) is 33.4 Å². The van der Waals surface area contributed by atoms with Crippen LogP contribution < -0.4 is 13.6 Å². The molecule has 0 aliphatic carbocycles. The minimum Gasteiger partial charge on any atom is -0.408 e. The summed E-state index contributed by atoms with van der Waals surface area (Å²) in [6.45, 7) is 17.8. The summed E-state index contributed by atoms with van der Waals surface area (Å²) >= 11 is 0. The lowest BCUT2D eigenvalue weighted by Crippen LogP contribution is -2.19. The Balaban J connectivity index is 1.60. The van der Waals surface area contributed by atoms with Gasteiger partial charge in [-0.2, -0.15) is 0 Å². The molecule has 5 aromatic carbocycles. The zero-order chi connectivity index (χ0) is 29.1. The molecular formula is C37H39O3P. The highest BCUT2D eigenvalue weighted by Crippen LogP contribution is 2.53. The van der Waals surface area contributed by atoms with Crippen LogP contribution in [0.1, 0.15) is 74.9 Å². The molecule has 0 bridgehead atoms. The number of hydrogen-bond acceptors (Lipinski definition) is 3. The summed E-state index contributed by atoms with van der Waals surface area (Å²) in [5.74, 6) is 2.55. The third-order valence-electron chi connectivity index (χ3n) is 7.84. The molecule has 41 heavy (non-hydrogen) atoms. The molecule has 0 radical (unpaired) electrons. The van der Waals surface area contributed by atoms with Gasteiger partial charge in [0.25, 0.3) is 0 Å². The monoisotopic (exact) mass is 562 g/mol. The van der Waals surface area contributed by atoms with E-state index in [0.29, 0.717) is 0 Å². The number of fused-ring (bicyclic) bond motifs is 4. The molecule has 3 nitrogen and oxygen atoms in total. The van der Waals surface area contributed by atoms with Crippen molar-refractivity contribution in [2.75, 3.05) is 0 Å². The van der Waals surface area contributed by atoms with Crippen LogP contribution in [0.5, 0.6) is 17.2 Å². The first-order chi connectivity index (χ1) is 19.4. The second-order valence-electron chi connectivity index (χ2n) is 13.4. The number of hydrogen-bond donors (Lipinski definition) is 0. The van der Waals surface area contributed by atoms with E-state index in [4.69, 9.17) is 13.6 Å². The molecule has 1 aliphatic rings. The van der Waals surface area contributed by atoms with Crippen molar-refractivity contribution in [3.8, 4) is 17.2 Å². The predicted octanol–water partition coefficient (Wildman–Crippen LogP) is 10.9. The van der Waals surface area contributed by atoms with Gasteiger partial charge in [0.15, 0.2) is 0 Å². The van der Waals surface area contributed by atoms with Crippen LogP contribution in [-0.2, 0) is 17.3 Å². The van der Waals surface area contributed by atoms with E-state index >= 15 is 0 Å². The molecule has 1 aliphatic heterocycles. The zero-order valence-electron chi connectivity index (χ0n) is 25.4. The normalized spacial score (nSPS) is 14.0. The third-order valence-corrected chi connectivity index (χ3v) is 8.83. The van der Waals surface area contributed by atoms with Gasteiger partial charge in [0.1, 0.15) is 17.2 Å². The Labute approximate surface area is 245 Å². The Morgan fingerprint density at radius 3 is 1.49 bits per heavy atom. The van der Waals surface area contributed by atoms with E-state index in [1.54, 1.807) is 0 Å². The van der Waals surface area contributed by atoms with E-state index in [9.17, 15) is 0 Å². The van der Waals surface area contributed by atoms with Crippen molar-refractivity contribution in [2.24, 2.45) is 0 Å². The summed E-state index contributed by atoms with van der Waals surface area (Å²) < 4.78 is 20.8. The van der Waals surface area contributed by atoms with Gasteiger partial charge in [-0.05, 0) is 52.6 Å². The summed E-state index contributed by atoms with van der Waals surface area (Å²) in [6.07, 6.45) is 0.737. The minimum absolute atomic E-state index is 0.117. The van der Waals surface area contributed by atoms with E-state index in [2.05, 4.69) is 134 Å². The fourth-order valence-corrected chi connectivity index (χ4v) is 7.03. The Bertz CT molecular complexity index is 1660. The first kappa shape index (κ1) is 27.6. The maximum atomic E-state index is 6.95. The average Bonchev–Trinajstić information content (AvgIpc) is 2.88. The van der Waals surface area contributed by atoms with Gasteiger partial charge in [-0.15, -0.1) is 0 Å². The van der Waals surface area contributed by atoms with Gasteiger partial charge in [-0.1, -0.05) is 125 Å². The lowest BCUT2D eigenvalue weighted by Gasteiger charge is -2.32. The molecule has 0 spiro atoms. The molecule has 6 rings (SSSR count). The summed E-state index contributed by atoms with van der Waals surface area (Å²) in [6, 6.07) is 28.0. The first-order valence-corrected chi connectivity index (χ1v) is 15.5. The number of rotatable bonds is 2. The Hall–Kier alpha value is -3.55. The third kappa shape index (κ3) is 5.29. The number of benzene rings is 5. The van der Waals surface area contributed by atoms with Crippen LogP contribution in [0.2, 0.25) is 0 Å². The summed E-state index contributed by atoms with van der Waals surface area (Å²) in [5.41, 5.74) is 6.91. The van der Waals surface area contributed by atoms with Crippen molar-refractivity contribution in [2.45, 2.75) is 72.6 Å². The van der Waals surface area contributed by atoms with E-state index in [0.717, 1.165) is 45.2 Å². The topological polar surface area (TPSA) is 27.7 Å². The van der Waals surface area contributed by atoms with Gasteiger partial charge in [0.05, 0.1) is 0 Å². The molecule has 4 heteroatoms. The molecule has 0 fully saturated rings. The fourth-order valence-electron chi connectivity index (χ4n) is 5.84. The van der Waals surface area contributed by atoms with Crippen LogP contribution in [0.15, 0.2) is 78.9 Å². The van der Waals surface area contributed by atoms with Crippen molar-refractivity contribution < 1.29 is 13.6 Å². The Morgan fingerprint density at radius 1 is 0.610 bits per heavy atom. The van der Waals surface area contributed by atoms with Crippen molar-refractivity contribution in [1.29, 1.82) is 0 Å². The minimum atomic E-state index is -1.86. The average molecular weight is 563 g/mol.